The molecule has 1 aromatic carbocycles. The first kappa shape index (κ1) is 20.9. The van der Waals surface area contributed by atoms with E-state index in [9.17, 15) is 8.42 Å². The fraction of sp³-hybridized carbons (Fsp3) is 0.500. The van der Waals surface area contributed by atoms with Crippen molar-refractivity contribution in [2.24, 2.45) is 0 Å². The van der Waals surface area contributed by atoms with E-state index in [0.717, 1.165) is 30.2 Å². The standard InChI is InChI=1S/C16H24O3S.Na.H/c1-2-3-4-5-6-10-14-19-20(17,18)15-13-16-11-8-7-9-12-16;;/h7-9,11-13,15H,2-6,10,14H2,1H3;;. The van der Waals surface area contributed by atoms with Gasteiger partial charge in [0, 0.05) is 0 Å². The number of hydrogen-bond donors (Lipinski definition) is 0. The van der Waals surface area contributed by atoms with E-state index in [1.54, 1.807) is 6.08 Å². The van der Waals surface area contributed by atoms with Gasteiger partial charge < -0.3 is 0 Å². The zero-order chi connectivity index (χ0) is 14.7. The molecule has 0 unspecified atom stereocenters. The Balaban J connectivity index is 0.00000400. The zero-order valence-electron chi connectivity index (χ0n) is 12.1. The van der Waals surface area contributed by atoms with E-state index in [1.807, 2.05) is 30.3 Å². The second-order valence-corrected chi connectivity index (χ2v) is 6.29. The maximum absolute atomic E-state index is 11.6. The molecule has 0 aliphatic heterocycles. The van der Waals surface area contributed by atoms with Crippen LogP contribution in [0.3, 0.4) is 0 Å². The van der Waals surface area contributed by atoms with Crippen molar-refractivity contribution < 1.29 is 12.6 Å². The van der Waals surface area contributed by atoms with E-state index in [1.165, 1.54) is 19.3 Å². The van der Waals surface area contributed by atoms with Crippen molar-refractivity contribution in [3.05, 3.63) is 41.3 Å². The number of hydrogen-bond acceptors (Lipinski definition) is 3. The first-order valence-electron chi connectivity index (χ1n) is 7.26. The van der Waals surface area contributed by atoms with Crippen LogP contribution in [0.2, 0.25) is 0 Å². The molecule has 1 rings (SSSR count). The third kappa shape index (κ3) is 11.1. The van der Waals surface area contributed by atoms with Crippen molar-refractivity contribution in [3.63, 3.8) is 0 Å². The molecule has 0 aliphatic carbocycles. The van der Waals surface area contributed by atoms with Crippen molar-refractivity contribution in [1.29, 1.82) is 0 Å². The van der Waals surface area contributed by atoms with Crippen LogP contribution in [0.1, 0.15) is 51.0 Å². The second-order valence-electron chi connectivity index (χ2n) is 4.80. The van der Waals surface area contributed by atoms with E-state index in [2.05, 4.69) is 6.92 Å². The fourth-order valence-corrected chi connectivity index (χ4v) is 2.58. The van der Waals surface area contributed by atoms with Gasteiger partial charge in [-0.1, -0.05) is 69.4 Å². The minimum absolute atomic E-state index is 0. The maximum atomic E-state index is 11.6. The molecule has 0 amide bonds. The number of benzene rings is 1. The second kappa shape index (κ2) is 12.4. The Morgan fingerprint density at radius 1 is 1.00 bits per heavy atom. The summed E-state index contributed by atoms with van der Waals surface area (Å²) in [6, 6.07) is 9.31. The molecular weight excluding hydrogens is 295 g/mol. The molecule has 3 nitrogen and oxygen atoms in total. The van der Waals surface area contributed by atoms with Gasteiger partial charge in [-0.05, 0) is 18.1 Å². The molecule has 0 saturated heterocycles. The monoisotopic (exact) mass is 320 g/mol. The predicted molar refractivity (Wildman–Crippen MR) is 90.9 cm³/mol. The summed E-state index contributed by atoms with van der Waals surface area (Å²) >= 11 is 0. The molecule has 0 fully saturated rings. The van der Waals surface area contributed by atoms with Gasteiger partial charge in [0.1, 0.15) is 0 Å². The number of unbranched alkanes of at least 4 members (excludes halogenated alkanes) is 5. The molecule has 0 aromatic heterocycles. The van der Waals surface area contributed by atoms with Gasteiger partial charge in [0.2, 0.25) is 0 Å². The first-order valence-corrected chi connectivity index (χ1v) is 8.74. The summed E-state index contributed by atoms with van der Waals surface area (Å²) in [7, 11) is -3.56. The summed E-state index contributed by atoms with van der Waals surface area (Å²) in [5, 5.41) is 1.12. The van der Waals surface area contributed by atoms with Crippen molar-refractivity contribution in [3.8, 4) is 0 Å². The van der Waals surface area contributed by atoms with E-state index in [-0.39, 0.29) is 36.2 Å². The summed E-state index contributed by atoms with van der Waals surface area (Å²) in [5.41, 5.74) is 0.847. The van der Waals surface area contributed by atoms with Gasteiger partial charge in [0.25, 0.3) is 10.1 Å². The summed E-state index contributed by atoms with van der Waals surface area (Å²) in [5.74, 6) is 0. The molecule has 21 heavy (non-hydrogen) atoms. The van der Waals surface area contributed by atoms with Crippen molar-refractivity contribution in [2.45, 2.75) is 45.4 Å². The van der Waals surface area contributed by atoms with Gasteiger partial charge >= 0.3 is 29.6 Å². The Bertz CT molecular complexity index is 484. The van der Waals surface area contributed by atoms with E-state index >= 15 is 0 Å². The molecule has 0 spiro atoms. The molecule has 0 saturated carbocycles. The average molecular weight is 320 g/mol. The quantitative estimate of drug-likeness (QED) is 0.375. The normalized spacial score (nSPS) is 11.5. The van der Waals surface area contributed by atoms with Gasteiger partial charge in [0.15, 0.2) is 0 Å². The minimum atomic E-state index is -3.56. The van der Waals surface area contributed by atoms with E-state index in [0.29, 0.717) is 0 Å². The van der Waals surface area contributed by atoms with E-state index < -0.39 is 10.1 Å². The van der Waals surface area contributed by atoms with Gasteiger partial charge in [-0.2, -0.15) is 8.42 Å². The van der Waals surface area contributed by atoms with Gasteiger partial charge in [-0.15, -0.1) is 0 Å². The van der Waals surface area contributed by atoms with Crippen LogP contribution < -0.4 is 0 Å². The molecule has 0 radical (unpaired) electrons. The van der Waals surface area contributed by atoms with Crippen LogP contribution in [-0.2, 0) is 14.3 Å². The average Bonchev–Trinajstić information content (AvgIpc) is 2.45. The van der Waals surface area contributed by atoms with Crippen molar-refractivity contribution in [1.82, 2.24) is 0 Å². The molecule has 0 N–H and O–H groups in total. The van der Waals surface area contributed by atoms with Gasteiger partial charge in [-0.25, -0.2) is 0 Å². The Labute approximate surface area is 151 Å². The van der Waals surface area contributed by atoms with Gasteiger partial charge in [-0.3, -0.25) is 4.18 Å². The molecule has 0 heterocycles. The van der Waals surface area contributed by atoms with Crippen LogP contribution in [0.5, 0.6) is 0 Å². The third-order valence-electron chi connectivity index (χ3n) is 2.97. The Kier molecular flexibility index (Phi) is 12.3. The molecule has 114 valence electrons. The fourth-order valence-electron chi connectivity index (χ4n) is 1.82. The van der Waals surface area contributed by atoms with Crippen molar-refractivity contribution >= 4 is 45.8 Å². The Morgan fingerprint density at radius 2 is 1.62 bits per heavy atom. The summed E-state index contributed by atoms with van der Waals surface area (Å²) in [6.07, 6.45) is 8.21. The first-order chi connectivity index (χ1) is 9.64. The molecular formula is C16H25NaO3S. The van der Waals surface area contributed by atoms with Gasteiger partial charge in [0.05, 0.1) is 12.0 Å². The topological polar surface area (TPSA) is 43.4 Å². The van der Waals surface area contributed by atoms with Crippen LogP contribution in [0.25, 0.3) is 6.08 Å². The molecule has 0 atom stereocenters. The SMILES string of the molecule is CCCCCCCCOS(=O)(=O)C=Cc1ccccc1.[NaH]. The predicted octanol–water partition coefficient (Wildman–Crippen LogP) is 3.72. The molecule has 1 aromatic rings. The zero-order valence-corrected chi connectivity index (χ0v) is 12.9. The summed E-state index contributed by atoms with van der Waals surface area (Å²) in [4.78, 5) is 0. The van der Waals surface area contributed by atoms with E-state index in [4.69, 9.17) is 4.18 Å². The van der Waals surface area contributed by atoms with Crippen LogP contribution in [-0.4, -0.2) is 44.6 Å². The van der Waals surface area contributed by atoms with Crippen molar-refractivity contribution in [2.75, 3.05) is 6.61 Å². The molecule has 5 heteroatoms. The van der Waals surface area contributed by atoms with Crippen LogP contribution in [0, 0.1) is 0 Å². The Hall–Kier alpha value is -0.130. The van der Waals surface area contributed by atoms with Crippen LogP contribution >= 0.6 is 0 Å². The summed E-state index contributed by atoms with van der Waals surface area (Å²) < 4.78 is 28.2. The van der Waals surface area contributed by atoms with Crippen LogP contribution in [0.4, 0.5) is 0 Å². The number of rotatable bonds is 10. The van der Waals surface area contributed by atoms with Crippen LogP contribution in [0.15, 0.2) is 35.7 Å². The third-order valence-corrected chi connectivity index (χ3v) is 3.94. The molecule has 0 bridgehead atoms. The summed E-state index contributed by atoms with van der Waals surface area (Å²) in [6.45, 7) is 2.45. The molecule has 0 aliphatic rings. The Morgan fingerprint density at radius 3 is 2.29 bits per heavy atom.